The highest BCUT2D eigenvalue weighted by molar-refractivity contribution is 5.00. The van der Waals surface area contributed by atoms with E-state index in [0.29, 0.717) is 5.54 Å². The molecule has 17 heavy (non-hydrogen) atoms. The minimum Gasteiger partial charge on any atom is -0.308 e. The van der Waals surface area contributed by atoms with E-state index in [1.807, 2.05) is 0 Å². The van der Waals surface area contributed by atoms with E-state index in [0.717, 1.165) is 12.1 Å². The summed E-state index contributed by atoms with van der Waals surface area (Å²) in [5.74, 6) is 0. The first kappa shape index (κ1) is 13.4. The molecule has 0 amide bonds. The molecule has 0 aromatic heterocycles. The second-order valence-electron chi connectivity index (χ2n) is 6.21. The molecule has 0 radical (unpaired) electrons. The van der Waals surface area contributed by atoms with E-state index in [1.165, 1.54) is 58.0 Å². The average molecular weight is 238 g/mol. The van der Waals surface area contributed by atoms with Crippen molar-refractivity contribution in [3.63, 3.8) is 0 Å². The Hall–Kier alpha value is -0.0800. The lowest BCUT2D eigenvalue weighted by Crippen LogP contribution is -2.66. The van der Waals surface area contributed by atoms with Crippen molar-refractivity contribution in [2.24, 2.45) is 0 Å². The van der Waals surface area contributed by atoms with Crippen molar-refractivity contribution in [2.45, 2.75) is 83.3 Å². The molecule has 2 nitrogen and oxygen atoms in total. The lowest BCUT2D eigenvalue weighted by atomic mass is 9.79. The summed E-state index contributed by atoms with van der Waals surface area (Å²) >= 11 is 0. The topological polar surface area (TPSA) is 15.3 Å². The van der Waals surface area contributed by atoms with E-state index in [9.17, 15) is 0 Å². The van der Waals surface area contributed by atoms with Crippen LogP contribution >= 0.6 is 0 Å². The van der Waals surface area contributed by atoms with Crippen LogP contribution in [0.3, 0.4) is 0 Å². The Balaban J connectivity index is 2.05. The third-order valence-corrected chi connectivity index (χ3v) is 5.11. The van der Waals surface area contributed by atoms with Gasteiger partial charge in [-0.2, -0.15) is 0 Å². The number of rotatable bonds is 3. The molecule has 2 unspecified atom stereocenters. The number of hydrogen-bond donors (Lipinski definition) is 1. The lowest BCUT2D eigenvalue weighted by Gasteiger charge is -2.51. The summed E-state index contributed by atoms with van der Waals surface area (Å²) in [4.78, 5) is 2.79. The van der Waals surface area contributed by atoms with E-state index in [1.54, 1.807) is 0 Å². The second kappa shape index (κ2) is 5.71. The summed E-state index contributed by atoms with van der Waals surface area (Å²) in [5, 5.41) is 3.90. The van der Waals surface area contributed by atoms with Gasteiger partial charge in [0.15, 0.2) is 0 Å². The monoisotopic (exact) mass is 238 g/mol. The van der Waals surface area contributed by atoms with Crippen LogP contribution in [0.2, 0.25) is 0 Å². The van der Waals surface area contributed by atoms with Crippen molar-refractivity contribution in [2.75, 3.05) is 13.1 Å². The summed E-state index contributed by atoms with van der Waals surface area (Å²) in [5.41, 5.74) is 0.466. The maximum atomic E-state index is 3.90. The summed E-state index contributed by atoms with van der Waals surface area (Å²) in [6.45, 7) is 9.57. The van der Waals surface area contributed by atoms with Crippen molar-refractivity contribution < 1.29 is 0 Å². The fourth-order valence-electron chi connectivity index (χ4n) is 3.68. The fraction of sp³-hybridized carbons (Fsp3) is 1.00. The van der Waals surface area contributed by atoms with Crippen LogP contribution in [0.5, 0.6) is 0 Å². The van der Waals surface area contributed by atoms with Crippen LogP contribution in [0, 0.1) is 0 Å². The van der Waals surface area contributed by atoms with Gasteiger partial charge < -0.3 is 5.32 Å². The molecule has 1 spiro atoms. The molecular weight excluding hydrogens is 208 g/mol. The van der Waals surface area contributed by atoms with Crippen molar-refractivity contribution >= 4 is 0 Å². The summed E-state index contributed by atoms with van der Waals surface area (Å²) in [6, 6.07) is 1.51. The molecule has 1 saturated heterocycles. The molecule has 1 N–H and O–H groups in total. The zero-order chi connectivity index (χ0) is 12.3. The number of nitrogens with one attached hydrogen (secondary N) is 1. The maximum absolute atomic E-state index is 3.90. The highest BCUT2D eigenvalue weighted by atomic mass is 15.3. The Morgan fingerprint density at radius 2 is 1.94 bits per heavy atom. The minimum absolute atomic E-state index is 0.466. The lowest BCUT2D eigenvalue weighted by molar-refractivity contribution is 0.0265. The van der Waals surface area contributed by atoms with Crippen LogP contribution in [0.15, 0.2) is 0 Å². The zero-order valence-corrected chi connectivity index (χ0v) is 12.0. The van der Waals surface area contributed by atoms with Gasteiger partial charge in [0.05, 0.1) is 0 Å². The molecule has 1 aliphatic heterocycles. The molecule has 2 rings (SSSR count). The highest BCUT2D eigenvalue weighted by Crippen LogP contribution is 2.33. The van der Waals surface area contributed by atoms with Crippen LogP contribution in [0.4, 0.5) is 0 Å². The van der Waals surface area contributed by atoms with Crippen molar-refractivity contribution in [1.29, 1.82) is 0 Å². The normalized spacial score (nSPS) is 31.6. The first-order chi connectivity index (χ1) is 8.21. The van der Waals surface area contributed by atoms with Crippen LogP contribution in [0.25, 0.3) is 0 Å². The molecule has 2 fully saturated rings. The summed E-state index contributed by atoms with van der Waals surface area (Å²) in [6.07, 6.45) is 9.67. The van der Waals surface area contributed by atoms with E-state index in [2.05, 4.69) is 31.0 Å². The van der Waals surface area contributed by atoms with Gasteiger partial charge in [0.1, 0.15) is 0 Å². The minimum atomic E-state index is 0.466. The van der Waals surface area contributed by atoms with E-state index in [4.69, 9.17) is 0 Å². The maximum Gasteiger partial charge on any atom is 0.0309 e. The smallest absolute Gasteiger partial charge is 0.0309 e. The van der Waals surface area contributed by atoms with Crippen molar-refractivity contribution in [3.8, 4) is 0 Å². The molecule has 2 aliphatic rings. The second-order valence-corrected chi connectivity index (χ2v) is 6.21. The molecule has 2 heteroatoms. The molecule has 1 aliphatic carbocycles. The van der Waals surface area contributed by atoms with Gasteiger partial charge in [-0.25, -0.2) is 0 Å². The first-order valence-corrected chi connectivity index (χ1v) is 7.71. The van der Waals surface area contributed by atoms with E-state index < -0.39 is 0 Å². The first-order valence-electron chi connectivity index (χ1n) is 7.71. The van der Waals surface area contributed by atoms with E-state index in [-0.39, 0.29) is 0 Å². The number of hydrogen-bond acceptors (Lipinski definition) is 2. The summed E-state index contributed by atoms with van der Waals surface area (Å²) in [7, 11) is 0. The molecule has 0 bridgehead atoms. The fourth-order valence-corrected chi connectivity index (χ4v) is 3.68. The van der Waals surface area contributed by atoms with Gasteiger partial charge in [-0.1, -0.05) is 33.1 Å². The third kappa shape index (κ3) is 2.85. The Bertz CT molecular complexity index is 233. The Labute approximate surface area is 107 Å². The van der Waals surface area contributed by atoms with Gasteiger partial charge >= 0.3 is 0 Å². The van der Waals surface area contributed by atoms with Gasteiger partial charge in [0.2, 0.25) is 0 Å². The predicted octanol–water partition coefficient (Wildman–Crippen LogP) is 3.17. The standard InChI is InChI=1S/C15H30N2/c1-4-13(3)17-12-15(9-7-6-8-10-15)16-11-14(17)5-2/h13-14,16H,4-12H2,1-3H3. The van der Waals surface area contributed by atoms with Crippen LogP contribution in [-0.4, -0.2) is 35.6 Å². The Morgan fingerprint density at radius 3 is 2.53 bits per heavy atom. The van der Waals surface area contributed by atoms with Gasteiger partial charge in [-0.3, -0.25) is 4.90 Å². The predicted molar refractivity (Wildman–Crippen MR) is 74.4 cm³/mol. The number of piperazine rings is 1. The average Bonchev–Trinajstić information content (AvgIpc) is 2.39. The van der Waals surface area contributed by atoms with Crippen LogP contribution in [-0.2, 0) is 0 Å². The molecule has 1 saturated carbocycles. The van der Waals surface area contributed by atoms with Gasteiger partial charge in [0.25, 0.3) is 0 Å². The Morgan fingerprint density at radius 1 is 1.24 bits per heavy atom. The van der Waals surface area contributed by atoms with E-state index >= 15 is 0 Å². The Kier molecular flexibility index (Phi) is 4.48. The summed E-state index contributed by atoms with van der Waals surface area (Å²) < 4.78 is 0. The van der Waals surface area contributed by atoms with Crippen molar-refractivity contribution in [3.05, 3.63) is 0 Å². The molecule has 2 atom stereocenters. The van der Waals surface area contributed by atoms with Gasteiger partial charge in [-0.15, -0.1) is 0 Å². The van der Waals surface area contributed by atoms with Crippen LogP contribution < -0.4 is 5.32 Å². The molecular formula is C15H30N2. The SMILES string of the molecule is CCC(C)N1CC2(CCCCC2)NCC1CC. The molecule has 0 aromatic carbocycles. The third-order valence-electron chi connectivity index (χ3n) is 5.11. The largest absolute Gasteiger partial charge is 0.308 e. The van der Waals surface area contributed by atoms with Gasteiger partial charge in [-0.05, 0) is 32.6 Å². The molecule has 1 heterocycles. The van der Waals surface area contributed by atoms with Gasteiger partial charge in [0, 0.05) is 30.7 Å². The highest BCUT2D eigenvalue weighted by Gasteiger charge is 2.40. The zero-order valence-electron chi connectivity index (χ0n) is 12.0. The van der Waals surface area contributed by atoms with Crippen molar-refractivity contribution in [1.82, 2.24) is 10.2 Å². The molecule has 0 aromatic rings. The van der Waals surface area contributed by atoms with Crippen LogP contribution in [0.1, 0.15) is 65.7 Å². The molecule has 100 valence electrons. The quantitative estimate of drug-likeness (QED) is 0.812. The number of nitrogens with zero attached hydrogens (tertiary/aromatic N) is 1.